The fourth-order valence-corrected chi connectivity index (χ4v) is 3.77. The lowest BCUT2D eigenvalue weighted by Crippen LogP contribution is -2.38. The standard InChI is InChI=1S/C26H24FN3O6/c1-15-2-6-18(27)23(8-15)34-13-21(31)17-5-7-22-20(9-17)30(25(32)14-35-22)11-24-29-19(12-36-24)26(33)28-10-16-3-4-16/h2,5-9,12,16H,3-4,10-11,13-14H2,1H3,(H,28,33). The number of ketones is 1. The second-order valence-electron chi connectivity index (χ2n) is 8.88. The van der Waals surface area contributed by atoms with Crippen LogP contribution in [0.2, 0.25) is 0 Å². The molecule has 9 nitrogen and oxygen atoms in total. The van der Waals surface area contributed by atoms with Crippen molar-refractivity contribution in [1.82, 2.24) is 10.3 Å². The number of rotatable bonds is 9. The molecule has 1 aliphatic carbocycles. The summed E-state index contributed by atoms with van der Waals surface area (Å²) in [4.78, 5) is 43.3. The number of aromatic nitrogens is 1. The van der Waals surface area contributed by atoms with Gasteiger partial charge in [0, 0.05) is 12.1 Å². The number of amides is 2. The average Bonchev–Trinajstić information content (AvgIpc) is 3.59. The summed E-state index contributed by atoms with van der Waals surface area (Å²) in [5.41, 5.74) is 1.56. The summed E-state index contributed by atoms with van der Waals surface area (Å²) in [6.45, 7) is 1.78. The molecule has 2 aromatic carbocycles. The molecule has 0 saturated heterocycles. The first-order valence-corrected chi connectivity index (χ1v) is 11.6. The average molecular weight is 493 g/mol. The van der Waals surface area contributed by atoms with E-state index in [9.17, 15) is 18.8 Å². The van der Waals surface area contributed by atoms with E-state index in [2.05, 4.69) is 10.3 Å². The molecule has 10 heteroatoms. The summed E-state index contributed by atoms with van der Waals surface area (Å²) in [6, 6.07) is 9.05. The maximum atomic E-state index is 13.9. The number of carbonyl (C=O) groups excluding carboxylic acids is 3. The highest BCUT2D eigenvalue weighted by Crippen LogP contribution is 2.34. The molecule has 1 fully saturated rings. The van der Waals surface area contributed by atoms with Gasteiger partial charge in [-0.15, -0.1) is 0 Å². The Morgan fingerprint density at radius 2 is 2.06 bits per heavy atom. The van der Waals surface area contributed by atoms with Gasteiger partial charge in [0.2, 0.25) is 5.89 Å². The zero-order valence-corrected chi connectivity index (χ0v) is 19.6. The van der Waals surface area contributed by atoms with Gasteiger partial charge in [-0.05, 0) is 61.6 Å². The third-order valence-corrected chi connectivity index (χ3v) is 6.00. The van der Waals surface area contributed by atoms with Crippen molar-refractivity contribution >= 4 is 23.3 Å². The Labute approximate surface area is 206 Å². The molecule has 0 bridgehead atoms. The summed E-state index contributed by atoms with van der Waals surface area (Å²) in [7, 11) is 0. The minimum atomic E-state index is -0.560. The number of Topliss-reactive ketones (excluding diaryl/α,β-unsaturated/α-hetero) is 1. The van der Waals surface area contributed by atoms with Gasteiger partial charge in [-0.3, -0.25) is 19.3 Å². The molecule has 0 unspecified atom stereocenters. The molecule has 0 radical (unpaired) electrons. The Hall–Kier alpha value is -4.21. The normalized spacial score (nSPS) is 14.7. The van der Waals surface area contributed by atoms with Gasteiger partial charge in [-0.2, -0.15) is 0 Å². The van der Waals surface area contributed by atoms with E-state index in [1.807, 2.05) is 0 Å². The number of anilines is 1. The maximum Gasteiger partial charge on any atom is 0.273 e. The highest BCUT2D eigenvalue weighted by atomic mass is 19.1. The van der Waals surface area contributed by atoms with Gasteiger partial charge in [-0.1, -0.05) is 6.07 Å². The summed E-state index contributed by atoms with van der Waals surface area (Å²) in [5.74, 6) is -0.554. The highest BCUT2D eigenvalue weighted by Gasteiger charge is 2.29. The van der Waals surface area contributed by atoms with E-state index in [-0.39, 0.29) is 54.5 Å². The van der Waals surface area contributed by atoms with Gasteiger partial charge in [0.15, 0.2) is 36.3 Å². The Kier molecular flexibility index (Phi) is 6.41. The second-order valence-corrected chi connectivity index (χ2v) is 8.88. The SMILES string of the molecule is Cc1ccc(F)c(OCC(=O)c2ccc3c(c2)N(Cc2nc(C(=O)NCC4CC4)co2)C(=O)CO3)c1. The van der Waals surface area contributed by atoms with Crippen molar-refractivity contribution in [1.29, 1.82) is 0 Å². The van der Waals surface area contributed by atoms with E-state index < -0.39 is 11.6 Å². The molecule has 1 N–H and O–H groups in total. The predicted octanol–water partition coefficient (Wildman–Crippen LogP) is 3.45. The topological polar surface area (TPSA) is 111 Å². The molecular formula is C26H24FN3O6. The van der Waals surface area contributed by atoms with E-state index in [1.165, 1.54) is 29.4 Å². The van der Waals surface area contributed by atoms with Crippen LogP contribution in [0, 0.1) is 18.7 Å². The summed E-state index contributed by atoms with van der Waals surface area (Å²) in [5, 5.41) is 2.82. The number of benzene rings is 2. The van der Waals surface area contributed by atoms with Crippen LogP contribution in [0.4, 0.5) is 10.1 Å². The monoisotopic (exact) mass is 493 g/mol. The first-order valence-electron chi connectivity index (χ1n) is 11.6. The van der Waals surface area contributed by atoms with Crippen molar-refractivity contribution in [2.45, 2.75) is 26.3 Å². The van der Waals surface area contributed by atoms with Gasteiger partial charge in [-0.25, -0.2) is 9.37 Å². The smallest absolute Gasteiger partial charge is 0.273 e. The van der Waals surface area contributed by atoms with Crippen LogP contribution in [0.5, 0.6) is 11.5 Å². The molecule has 1 aromatic heterocycles. The molecule has 0 spiro atoms. The minimum Gasteiger partial charge on any atom is -0.482 e. The Bertz CT molecular complexity index is 1330. The largest absolute Gasteiger partial charge is 0.482 e. The first kappa shape index (κ1) is 23.5. The van der Waals surface area contributed by atoms with Crippen LogP contribution >= 0.6 is 0 Å². The van der Waals surface area contributed by atoms with E-state index in [1.54, 1.807) is 25.1 Å². The second kappa shape index (κ2) is 9.80. The molecule has 2 aliphatic rings. The van der Waals surface area contributed by atoms with Crippen molar-refractivity contribution in [3.63, 3.8) is 0 Å². The number of carbonyl (C=O) groups is 3. The van der Waals surface area contributed by atoms with Crippen LogP contribution in [0.15, 0.2) is 47.1 Å². The lowest BCUT2D eigenvalue weighted by atomic mass is 10.1. The quantitative estimate of drug-likeness (QED) is 0.455. The van der Waals surface area contributed by atoms with Gasteiger partial charge in [0.05, 0.1) is 5.69 Å². The zero-order chi connectivity index (χ0) is 25.2. The number of ether oxygens (including phenoxy) is 2. The van der Waals surface area contributed by atoms with Crippen LogP contribution in [0.3, 0.4) is 0 Å². The van der Waals surface area contributed by atoms with Gasteiger partial charge in [0.25, 0.3) is 11.8 Å². The molecule has 3 aromatic rings. The van der Waals surface area contributed by atoms with E-state index in [0.29, 0.717) is 23.9 Å². The number of hydrogen-bond donors (Lipinski definition) is 1. The van der Waals surface area contributed by atoms with Crippen molar-refractivity contribution in [3.05, 3.63) is 71.2 Å². The van der Waals surface area contributed by atoms with Gasteiger partial charge >= 0.3 is 0 Å². The van der Waals surface area contributed by atoms with Crippen LogP contribution in [0.1, 0.15) is 45.1 Å². The van der Waals surface area contributed by atoms with Crippen LogP contribution in [-0.2, 0) is 11.3 Å². The number of hydrogen-bond acceptors (Lipinski definition) is 7. The zero-order valence-electron chi connectivity index (χ0n) is 19.6. The van der Waals surface area contributed by atoms with Crippen molar-refractivity contribution in [2.75, 3.05) is 24.7 Å². The fraction of sp³-hybridized carbons (Fsp3) is 0.308. The first-order chi connectivity index (χ1) is 17.4. The third kappa shape index (κ3) is 5.22. The molecular weight excluding hydrogens is 469 g/mol. The van der Waals surface area contributed by atoms with Crippen LogP contribution < -0.4 is 19.7 Å². The molecule has 36 heavy (non-hydrogen) atoms. The van der Waals surface area contributed by atoms with Crippen molar-refractivity contribution in [3.8, 4) is 11.5 Å². The van der Waals surface area contributed by atoms with Gasteiger partial charge in [0.1, 0.15) is 18.6 Å². The number of nitrogens with one attached hydrogen (secondary N) is 1. The minimum absolute atomic E-state index is 0.0117. The Morgan fingerprint density at radius 3 is 2.86 bits per heavy atom. The lowest BCUT2D eigenvalue weighted by Gasteiger charge is -2.28. The van der Waals surface area contributed by atoms with Crippen LogP contribution in [-0.4, -0.2) is 42.3 Å². The van der Waals surface area contributed by atoms with E-state index in [0.717, 1.165) is 18.4 Å². The number of nitrogens with zero attached hydrogens (tertiary/aromatic N) is 2. The lowest BCUT2D eigenvalue weighted by molar-refractivity contribution is -0.121. The number of halogens is 1. The van der Waals surface area contributed by atoms with Crippen molar-refractivity contribution in [2.24, 2.45) is 5.92 Å². The number of fused-ring (bicyclic) bond motifs is 1. The third-order valence-electron chi connectivity index (χ3n) is 6.00. The van der Waals surface area contributed by atoms with Crippen molar-refractivity contribution < 1.29 is 32.7 Å². The maximum absolute atomic E-state index is 13.9. The molecule has 5 rings (SSSR count). The molecule has 1 saturated carbocycles. The highest BCUT2D eigenvalue weighted by molar-refractivity contribution is 6.02. The van der Waals surface area contributed by atoms with Crippen LogP contribution in [0.25, 0.3) is 0 Å². The molecule has 2 amide bonds. The Balaban J connectivity index is 1.29. The van der Waals surface area contributed by atoms with E-state index >= 15 is 0 Å². The summed E-state index contributed by atoms with van der Waals surface area (Å²) >= 11 is 0. The van der Waals surface area contributed by atoms with E-state index in [4.69, 9.17) is 13.9 Å². The van der Waals surface area contributed by atoms with Gasteiger partial charge < -0.3 is 19.2 Å². The number of oxazole rings is 1. The summed E-state index contributed by atoms with van der Waals surface area (Å²) < 4.78 is 30.3. The number of aryl methyl sites for hydroxylation is 1. The molecule has 186 valence electrons. The predicted molar refractivity (Wildman–Crippen MR) is 126 cm³/mol. The molecule has 1 aliphatic heterocycles. The Morgan fingerprint density at radius 1 is 1.22 bits per heavy atom. The summed E-state index contributed by atoms with van der Waals surface area (Å²) in [6.07, 6.45) is 3.48. The molecule has 2 heterocycles. The molecule has 0 atom stereocenters. The fourth-order valence-electron chi connectivity index (χ4n) is 3.77.